The summed E-state index contributed by atoms with van der Waals surface area (Å²) in [5.74, 6) is 0.0704. The molecule has 0 bridgehead atoms. The number of anilines is 1. The van der Waals surface area contributed by atoms with Crippen LogP contribution in [0.3, 0.4) is 0 Å². The summed E-state index contributed by atoms with van der Waals surface area (Å²) < 4.78 is 0.668. The van der Waals surface area contributed by atoms with Crippen LogP contribution in [0.2, 0.25) is 0 Å². The lowest BCUT2D eigenvalue weighted by molar-refractivity contribution is 0.0638. The van der Waals surface area contributed by atoms with Gasteiger partial charge in [0.1, 0.15) is 15.6 Å². The van der Waals surface area contributed by atoms with Gasteiger partial charge in [-0.05, 0) is 46.3 Å². The molecule has 0 saturated carbocycles. The first-order chi connectivity index (χ1) is 19.8. The Morgan fingerprint density at radius 3 is 2.31 bits per heavy atom. The molecule has 1 aliphatic heterocycles. The monoisotopic (exact) mass is 631 g/mol. The Morgan fingerprint density at radius 1 is 0.952 bits per heavy atom. The van der Waals surface area contributed by atoms with Gasteiger partial charge in [-0.1, -0.05) is 53.7 Å². The van der Waals surface area contributed by atoms with Crippen molar-refractivity contribution in [2.24, 2.45) is 10.8 Å². The second-order valence-electron chi connectivity index (χ2n) is 12.9. The Labute approximate surface area is 254 Å². The van der Waals surface area contributed by atoms with E-state index in [9.17, 15) is 9.90 Å². The smallest absolute Gasteiger partial charge is 0.171 e. The summed E-state index contributed by atoms with van der Waals surface area (Å²) in [7, 11) is 0. The molecule has 1 aliphatic rings. The van der Waals surface area contributed by atoms with Gasteiger partial charge in [0.25, 0.3) is 0 Å². The highest BCUT2D eigenvalue weighted by Crippen LogP contribution is 2.35. The first kappa shape index (κ1) is 29.8. The van der Waals surface area contributed by atoms with Crippen molar-refractivity contribution in [3.8, 4) is 11.3 Å². The Morgan fingerprint density at radius 2 is 1.62 bits per heavy atom. The number of H-pyrrole nitrogens is 2. The number of halogens is 1. The molecule has 0 radical (unpaired) electrons. The normalized spacial score (nSPS) is 14.7. The van der Waals surface area contributed by atoms with E-state index in [0.29, 0.717) is 27.0 Å². The largest absolute Gasteiger partial charge is 0.388 e. The van der Waals surface area contributed by atoms with Crippen molar-refractivity contribution in [3.63, 3.8) is 0 Å². The van der Waals surface area contributed by atoms with Gasteiger partial charge in [-0.15, -0.1) is 0 Å². The van der Waals surface area contributed by atoms with Gasteiger partial charge in [-0.2, -0.15) is 0 Å². The molecular weight excluding hydrogens is 594 g/mol. The minimum Gasteiger partial charge on any atom is -0.388 e. The molecule has 1 fully saturated rings. The number of aliphatic hydroxyl groups is 1. The quantitative estimate of drug-likeness (QED) is 0.178. The Kier molecular flexibility index (Phi) is 8.22. The first-order valence-electron chi connectivity index (χ1n) is 14.2. The standard InChI is InChI=1S/C21H24N4O.C11H14BrN3O/c1-21(2,3)19(26)16-12-22-20-18(16)24-17(13-23-20)14-7-6-8-15(11-14)25-9-4-5-10-25;1-11(2,3)9(16)6-4-13-10-8(6)15-7(12)5-14-10/h6-8,11-13H,4-5,9-10H2,1-3H3,(H,22,23);4-5,9,16H,1-3H3,(H,13,14). The molecule has 5 heterocycles. The molecule has 5 aromatic rings. The molecule has 220 valence electrons. The minimum absolute atomic E-state index is 0.0704. The number of carbonyl (C=O) groups is 1. The highest BCUT2D eigenvalue weighted by Gasteiger charge is 2.28. The van der Waals surface area contributed by atoms with Gasteiger partial charge in [0.2, 0.25) is 0 Å². The third-order valence-corrected chi connectivity index (χ3v) is 7.80. The van der Waals surface area contributed by atoms with Gasteiger partial charge in [0, 0.05) is 47.7 Å². The molecule has 1 unspecified atom stereocenters. The predicted molar refractivity (Wildman–Crippen MR) is 171 cm³/mol. The first-order valence-corrected chi connectivity index (χ1v) is 15.0. The number of fused-ring (bicyclic) bond motifs is 2. The van der Waals surface area contributed by atoms with Gasteiger partial charge in [-0.25, -0.2) is 19.9 Å². The topological polar surface area (TPSA) is 124 Å². The summed E-state index contributed by atoms with van der Waals surface area (Å²) in [5, 5.41) is 10.2. The van der Waals surface area contributed by atoms with Crippen molar-refractivity contribution < 1.29 is 9.90 Å². The molecule has 1 atom stereocenters. The lowest BCUT2D eigenvalue weighted by Crippen LogP contribution is -2.20. The maximum absolute atomic E-state index is 12.7. The SMILES string of the molecule is CC(C)(C)C(=O)c1c[nH]c2ncc(-c3cccc(N4CCCC4)c3)nc12.CC(C)(C)C(O)c1c[nH]c2ncc(Br)nc12. The van der Waals surface area contributed by atoms with Gasteiger partial charge in [-0.3, -0.25) is 4.79 Å². The van der Waals surface area contributed by atoms with Gasteiger partial charge in [0.15, 0.2) is 17.1 Å². The molecule has 1 aromatic carbocycles. The number of benzene rings is 1. The molecule has 0 aliphatic carbocycles. The number of ketones is 1. The van der Waals surface area contributed by atoms with Crippen molar-refractivity contribution in [1.29, 1.82) is 0 Å². The highest BCUT2D eigenvalue weighted by atomic mass is 79.9. The number of carbonyl (C=O) groups excluding carboxylic acids is 1. The van der Waals surface area contributed by atoms with Crippen molar-refractivity contribution >= 4 is 49.7 Å². The zero-order valence-electron chi connectivity index (χ0n) is 25.0. The van der Waals surface area contributed by atoms with Gasteiger partial charge in [0.05, 0.1) is 29.8 Å². The van der Waals surface area contributed by atoms with Crippen LogP contribution < -0.4 is 4.90 Å². The molecule has 9 nitrogen and oxygen atoms in total. The van der Waals surface area contributed by atoms with E-state index in [-0.39, 0.29) is 11.2 Å². The molecule has 10 heteroatoms. The van der Waals surface area contributed by atoms with Crippen LogP contribution >= 0.6 is 15.9 Å². The van der Waals surface area contributed by atoms with E-state index in [2.05, 4.69) is 63.9 Å². The summed E-state index contributed by atoms with van der Waals surface area (Å²) in [4.78, 5) is 39.0. The van der Waals surface area contributed by atoms with E-state index in [0.717, 1.165) is 35.4 Å². The van der Waals surface area contributed by atoms with E-state index in [1.807, 2.05) is 47.6 Å². The fourth-order valence-electron chi connectivity index (χ4n) is 5.01. The lowest BCUT2D eigenvalue weighted by atomic mass is 9.85. The fourth-order valence-corrected chi connectivity index (χ4v) is 5.29. The van der Waals surface area contributed by atoms with E-state index < -0.39 is 11.5 Å². The third kappa shape index (κ3) is 6.24. The molecule has 0 spiro atoms. The van der Waals surface area contributed by atoms with Gasteiger partial charge < -0.3 is 20.0 Å². The van der Waals surface area contributed by atoms with Crippen LogP contribution in [-0.2, 0) is 0 Å². The number of Topliss-reactive ketones (excluding diaryl/α,β-unsaturated/α-hetero) is 1. The van der Waals surface area contributed by atoms with Crippen molar-refractivity contribution in [2.75, 3.05) is 18.0 Å². The number of nitrogens with one attached hydrogen (secondary N) is 2. The van der Waals surface area contributed by atoms with Crippen LogP contribution in [0.25, 0.3) is 33.6 Å². The summed E-state index contributed by atoms with van der Waals surface area (Å²) in [6.07, 6.45) is 8.83. The van der Waals surface area contributed by atoms with Gasteiger partial charge >= 0.3 is 0 Å². The number of hydrogen-bond acceptors (Lipinski definition) is 7. The third-order valence-electron chi connectivity index (χ3n) is 7.42. The van der Waals surface area contributed by atoms with Crippen LogP contribution in [0.5, 0.6) is 0 Å². The molecular formula is C32H38BrN7O2. The summed E-state index contributed by atoms with van der Waals surface area (Å²) >= 11 is 3.28. The van der Waals surface area contributed by atoms with Crippen LogP contribution in [-0.4, -0.2) is 53.9 Å². The maximum Gasteiger partial charge on any atom is 0.171 e. The average molecular weight is 633 g/mol. The number of nitrogens with zero attached hydrogens (tertiary/aromatic N) is 5. The molecule has 4 aromatic heterocycles. The number of aromatic nitrogens is 6. The summed E-state index contributed by atoms with van der Waals surface area (Å²) in [5.41, 5.74) is 6.47. The van der Waals surface area contributed by atoms with Crippen LogP contribution in [0, 0.1) is 10.8 Å². The Hall–Kier alpha value is -3.63. The second-order valence-corrected chi connectivity index (χ2v) is 13.7. The van der Waals surface area contributed by atoms with Crippen LogP contribution in [0.1, 0.15) is 76.4 Å². The zero-order chi connectivity index (χ0) is 30.2. The van der Waals surface area contributed by atoms with Crippen LogP contribution in [0.15, 0.2) is 53.7 Å². The summed E-state index contributed by atoms with van der Waals surface area (Å²) in [6.45, 7) is 13.9. The molecule has 1 saturated heterocycles. The molecule has 0 amide bonds. The number of rotatable bonds is 4. The fraction of sp³-hybridized carbons (Fsp3) is 0.406. The van der Waals surface area contributed by atoms with E-state index >= 15 is 0 Å². The minimum atomic E-state index is -0.565. The second kappa shape index (κ2) is 11.6. The van der Waals surface area contributed by atoms with E-state index in [4.69, 9.17) is 4.98 Å². The average Bonchev–Trinajstić information content (AvgIpc) is 3.71. The summed E-state index contributed by atoms with van der Waals surface area (Å²) in [6, 6.07) is 8.42. The maximum atomic E-state index is 12.7. The Balaban J connectivity index is 0.000000189. The van der Waals surface area contributed by atoms with Crippen molar-refractivity contribution in [1.82, 2.24) is 29.9 Å². The molecule has 6 rings (SSSR count). The number of aromatic amines is 2. The Bertz CT molecular complexity index is 1720. The van der Waals surface area contributed by atoms with Crippen LogP contribution in [0.4, 0.5) is 5.69 Å². The predicted octanol–water partition coefficient (Wildman–Crippen LogP) is 7.25. The van der Waals surface area contributed by atoms with Crippen molar-refractivity contribution in [2.45, 2.75) is 60.5 Å². The highest BCUT2D eigenvalue weighted by molar-refractivity contribution is 9.10. The molecule has 42 heavy (non-hydrogen) atoms. The van der Waals surface area contributed by atoms with Crippen molar-refractivity contribution in [3.05, 3.63) is 64.8 Å². The van der Waals surface area contributed by atoms with E-state index in [1.54, 1.807) is 24.8 Å². The zero-order valence-corrected chi connectivity index (χ0v) is 26.6. The molecule has 3 N–H and O–H groups in total. The van der Waals surface area contributed by atoms with E-state index in [1.165, 1.54) is 18.5 Å². The lowest BCUT2D eigenvalue weighted by Gasteiger charge is -2.25. The number of hydrogen-bond donors (Lipinski definition) is 3. The number of aliphatic hydroxyl groups excluding tert-OH is 1.